The largest absolute Gasteiger partial charge is 0.462 e. The maximum atomic E-state index is 13.1. The van der Waals surface area contributed by atoms with E-state index in [9.17, 15) is 14.4 Å². The normalized spacial score (nSPS) is 10.7. The lowest BCUT2D eigenvalue weighted by Gasteiger charge is -2.07. The van der Waals surface area contributed by atoms with Crippen LogP contribution in [0.1, 0.15) is 17.3 Å². The van der Waals surface area contributed by atoms with Gasteiger partial charge in [0.05, 0.1) is 23.4 Å². The first-order valence-electron chi connectivity index (χ1n) is 9.77. The van der Waals surface area contributed by atoms with E-state index in [0.29, 0.717) is 28.1 Å². The summed E-state index contributed by atoms with van der Waals surface area (Å²) in [6.07, 6.45) is 1.61. The first kappa shape index (κ1) is 20.1. The summed E-state index contributed by atoms with van der Waals surface area (Å²) in [6, 6.07) is 19.0. The number of pyridine rings is 1. The van der Waals surface area contributed by atoms with E-state index in [-0.39, 0.29) is 24.7 Å². The van der Waals surface area contributed by atoms with Crippen LogP contribution in [0.3, 0.4) is 0 Å². The fourth-order valence-electron chi connectivity index (χ4n) is 3.30. The van der Waals surface area contributed by atoms with Crippen LogP contribution in [0.4, 0.5) is 5.69 Å². The van der Waals surface area contributed by atoms with Crippen LogP contribution in [-0.2, 0) is 16.1 Å². The number of rotatable bonds is 6. The number of nitrogens with one attached hydrogen (secondary N) is 1. The number of aromatic nitrogens is 3. The smallest absolute Gasteiger partial charge is 0.338 e. The minimum atomic E-state index is -0.423. The lowest BCUT2D eigenvalue weighted by atomic mass is 10.2. The first-order valence-corrected chi connectivity index (χ1v) is 9.77. The molecule has 4 rings (SSSR count). The summed E-state index contributed by atoms with van der Waals surface area (Å²) in [4.78, 5) is 41.8. The van der Waals surface area contributed by atoms with Gasteiger partial charge in [-0.2, -0.15) is 0 Å². The number of amides is 1. The number of nitrogens with zero attached hydrogens (tertiary/aromatic N) is 3. The Morgan fingerprint density at radius 1 is 1.00 bits per heavy atom. The lowest BCUT2D eigenvalue weighted by molar-refractivity contribution is -0.116. The first-order chi connectivity index (χ1) is 15.1. The highest BCUT2D eigenvalue weighted by Gasteiger charge is 2.17. The fourth-order valence-corrected chi connectivity index (χ4v) is 3.30. The summed E-state index contributed by atoms with van der Waals surface area (Å²) < 4.78 is 7.82. The van der Waals surface area contributed by atoms with Crippen molar-refractivity contribution in [2.45, 2.75) is 13.5 Å². The van der Waals surface area contributed by atoms with Gasteiger partial charge in [-0.3, -0.25) is 9.36 Å². The van der Waals surface area contributed by atoms with Gasteiger partial charge in [-0.15, -0.1) is 0 Å². The average molecular weight is 416 g/mol. The zero-order valence-corrected chi connectivity index (χ0v) is 16.8. The molecule has 1 amide bonds. The van der Waals surface area contributed by atoms with E-state index in [4.69, 9.17) is 4.74 Å². The monoisotopic (exact) mass is 416 g/mol. The molecule has 2 heterocycles. The maximum Gasteiger partial charge on any atom is 0.338 e. The lowest BCUT2D eigenvalue weighted by Crippen LogP contribution is -2.28. The quantitative estimate of drug-likeness (QED) is 0.488. The second kappa shape index (κ2) is 8.66. The molecule has 0 spiro atoms. The van der Waals surface area contributed by atoms with E-state index in [0.717, 1.165) is 0 Å². The standard InChI is InChI=1S/C23H20N4O4/c1-2-31-22(29)16-10-12-17(13-11-16)25-20(28)15-26-19-9-6-14-24-21(19)27(23(26)30)18-7-4-3-5-8-18/h3-14H,2,15H2,1H3,(H,25,28). The van der Waals surface area contributed by atoms with Crippen LogP contribution in [-0.4, -0.2) is 32.6 Å². The second-order valence-corrected chi connectivity index (χ2v) is 6.73. The van der Waals surface area contributed by atoms with Gasteiger partial charge < -0.3 is 10.1 Å². The molecule has 0 radical (unpaired) electrons. The minimum absolute atomic E-state index is 0.180. The Morgan fingerprint density at radius 3 is 2.45 bits per heavy atom. The zero-order chi connectivity index (χ0) is 21.8. The van der Waals surface area contributed by atoms with Gasteiger partial charge in [0.1, 0.15) is 6.54 Å². The topological polar surface area (TPSA) is 95.2 Å². The molecule has 8 nitrogen and oxygen atoms in total. The van der Waals surface area contributed by atoms with Gasteiger partial charge in [-0.05, 0) is 55.5 Å². The Bertz CT molecular complexity index is 1290. The fraction of sp³-hybridized carbons (Fsp3) is 0.130. The van der Waals surface area contributed by atoms with Crippen LogP contribution in [0.15, 0.2) is 77.7 Å². The molecule has 8 heteroatoms. The van der Waals surface area contributed by atoms with Gasteiger partial charge in [0, 0.05) is 11.9 Å². The van der Waals surface area contributed by atoms with E-state index < -0.39 is 5.97 Å². The molecule has 2 aromatic carbocycles. The summed E-state index contributed by atoms with van der Waals surface area (Å²) in [6.45, 7) is 1.84. The summed E-state index contributed by atoms with van der Waals surface area (Å²) in [5.74, 6) is -0.796. The Morgan fingerprint density at radius 2 is 1.74 bits per heavy atom. The number of imidazole rings is 1. The van der Waals surface area contributed by atoms with Crippen molar-refractivity contribution in [1.82, 2.24) is 14.1 Å². The Kier molecular flexibility index (Phi) is 5.61. The third-order valence-corrected chi connectivity index (χ3v) is 4.69. The molecule has 0 saturated carbocycles. The summed E-state index contributed by atoms with van der Waals surface area (Å²) in [5, 5.41) is 2.75. The second-order valence-electron chi connectivity index (χ2n) is 6.73. The summed E-state index contributed by atoms with van der Waals surface area (Å²) >= 11 is 0. The molecule has 0 aliphatic heterocycles. The van der Waals surface area contributed by atoms with Crippen LogP contribution < -0.4 is 11.0 Å². The Balaban J connectivity index is 1.59. The third kappa shape index (κ3) is 4.09. The number of carbonyl (C=O) groups is 2. The predicted octanol–water partition coefficient (Wildman–Crippen LogP) is 3.00. The van der Waals surface area contributed by atoms with Gasteiger partial charge in [-0.25, -0.2) is 19.1 Å². The Labute approximate surface area is 177 Å². The molecular formula is C23H20N4O4. The highest BCUT2D eigenvalue weighted by molar-refractivity contribution is 5.93. The zero-order valence-electron chi connectivity index (χ0n) is 16.8. The molecule has 0 saturated heterocycles. The van der Waals surface area contributed by atoms with Crippen molar-refractivity contribution in [3.8, 4) is 5.69 Å². The van der Waals surface area contributed by atoms with Crippen LogP contribution in [0, 0.1) is 0 Å². The molecule has 0 fully saturated rings. The van der Waals surface area contributed by atoms with E-state index in [1.54, 1.807) is 49.5 Å². The number of hydrogen-bond acceptors (Lipinski definition) is 5. The van der Waals surface area contributed by atoms with Crippen LogP contribution in [0.25, 0.3) is 16.9 Å². The predicted molar refractivity (Wildman–Crippen MR) is 116 cm³/mol. The molecule has 1 N–H and O–H groups in total. The highest BCUT2D eigenvalue weighted by atomic mass is 16.5. The van der Waals surface area contributed by atoms with Gasteiger partial charge in [0.15, 0.2) is 5.65 Å². The number of para-hydroxylation sites is 1. The van der Waals surface area contributed by atoms with Crippen LogP contribution >= 0.6 is 0 Å². The molecule has 156 valence electrons. The van der Waals surface area contributed by atoms with Crippen molar-refractivity contribution in [3.05, 3.63) is 89.0 Å². The number of carbonyl (C=O) groups excluding carboxylic acids is 2. The molecule has 2 aromatic heterocycles. The van der Waals surface area contributed by atoms with Crippen molar-refractivity contribution in [2.24, 2.45) is 0 Å². The molecule has 31 heavy (non-hydrogen) atoms. The van der Waals surface area contributed by atoms with E-state index >= 15 is 0 Å². The highest BCUT2D eigenvalue weighted by Crippen LogP contribution is 2.16. The molecular weight excluding hydrogens is 396 g/mol. The van der Waals surface area contributed by atoms with E-state index in [1.165, 1.54) is 9.13 Å². The van der Waals surface area contributed by atoms with Crippen LogP contribution in [0.5, 0.6) is 0 Å². The number of hydrogen-bond donors (Lipinski definition) is 1. The van der Waals surface area contributed by atoms with Gasteiger partial charge >= 0.3 is 11.7 Å². The maximum absolute atomic E-state index is 13.1. The number of esters is 1. The third-order valence-electron chi connectivity index (χ3n) is 4.69. The van der Waals surface area contributed by atoms with E-state index in [2.05, 4.69) is 10.3 Å². The molecule has 4 aromatic rings. The van der Waals surface area contributed by atoms with Gasteiger partial charge in [0.25, 0.3) is 0 Å². The number of anilines is 1. The van der Waals surface area contributed by atoms with Crippen LogP contribution in [0.2, 0.25) is 0 Å². The number of ether oxygens (including phenoxy) is 1. The van der Waals surface area contributed by atoms with Crippen molar-refractivity contribution < 1.29 is 14.3 Å². The van der Waals surface area contributed by atoms with Crippen molar-refractivity contribution >= 4 is 28.7 Å². The van der Waals surface area contributed by atoms with Crippen molar-refractivity contribution in [1.29, 1.82) is 0 Å². The van der Waals surface area contributed by atoms with E-state index in [1.807, 2.05) is 30.3 Å². The summed E-state index contributed by atoms with van der Waals surface area (Å²) in [5.41, 5.74) is 2.26. The molecule has 0 aliphatic rings. The van der Waals surface area contributed by atoms with Gasteiger partial charge in [0.2, 0.25) is 5.91 Å². The van der Waals surface area contributed by atoms with Crippen molar-refractivity contribution in [3.63, 3.8) is 0 Å². The summed E-state index contributed by atoms with van der Waals surface area (Å²) in [7, 11) is 0. The molecule has 0 unspecified atom stereocenters. The average Bonchev–Trinajstić information content (AvgIpc) is 3.06. The SMILES string of the molecule is CCOC(=O)c1ccc(NC(=O)Cn2c(=O)n(-c3ccccc3)c3ncccc32)cc1. The Hall–Kier alpha value is -4.20. The molecule has 0 aliphatic carbocycles. The minimum Gasteiger partial charge on any atom is -0.462 e. The molecule has 0 atom stereocenters. The van der Waals surface area contributed by atoms with Crippen molar-refractivity contribution in [2.75, 3.05) is 11.9 Å². The number of benzene rings is 2. The molecule has 0 bridgehead atoms. The van der Waals surface area contributed by atoms with Gasteiger partial charge in [-0.1, -0.05) is 18.2 Å². The number of fused-ring (bicyclic) bond motifs is 1.